The van der Waals surface area contributed by atoms with Gasteiger partial charge in [-0.3, -0.25) is 0 Å². The maximum absolute atomic E-state index is 12.6. The second-order valence-corrected chi connectivity index (χ2v) is 19.7. The standard InChI is InChI=1S/C46H78O12/c1-6-33(47)23-35(49)24-38-26-40(56-44(53-38)32-15-11-17-36(22-32)57-45(50)58-46(3,4)5)28-41-27-39(54-43(55-41)31-14-10-16-34(48)21-31)25-37-20-29(2)51-42(52-37)19-18-30-12-8-7-9-13-30/h18-19,29-44,47-49H,6-17,20-28H2,1-5H3/b19-18+. The highest BCUT2D eigenvalue weighted by atomic mass is 16.7. The summed E-state index contributed by atoms with van der Waals surface area (Å²) in [5.74, 6) is 0.707. The van der Waals surface area contributed by atoms with Gasteiger partial charge in [0.2, 0.25) is 0 Å². The Hall–Kier alpha value is -1.35. The molecule has 6 aliphatic rings. The Kier molecular flexibility index (Phi) is 17.6. The molecule has 3 saturated heterocycles. The van der Waals surface area contributed by atoms with E-state index in [1.165, 1.54) is 32.1 Å². The number of hydrogen-bond acceptors (Lipinski definition) is 12. The zero-order chi connectivity index (χ0) is 41.2. The van der Waals surface area contributed by atoms with E-state index in [1.807, 2.05) is 27.7 Å². The molecule has 3 saturated carbocycles. The molecule has 0 aromatic heterocycles. The van der Waals surface area contributed by atoms with Crippen LogP contribution < -0.4 is 0 Å². The average Bonchev–Trinajstić information content (AvgIpc) is 3.16. The van der Waals surface area contributed by atoms with E-state index in [2.05, 4.69) is 19.1 Å². The lowest BCUT2D eigenvalue weighted by molar-refractivity contribution is -0.301. The van der Waals surface area contributed by atoms with Crippen molar-refractivity contribution in [2.75, 3.05) is 0 Å². The maximum Gasteiger partial charge on any atom is 0.509 e. The van der Waals surface area contributed by atoms with E-state index in [0.29, 0.717) is 57.3 Å². The van der Waals surface area contributed by atoms with Gasteiger partial charge in [0.25, 0.3) is 0 Å². The van der Waals surface area contributed by atoms with Crippen molar-refractivity contribution in [2.45, 2.75) is 255 Å². The molecular weight excluding hydrogens is 744 g/mol. The van der Waals surface area contributed by atoms with Gasteiger partial charge in [-0.25, -0.2) is 4.79 Å². The van der Waals surface area contributed by atoms with Crippen molar-refractivity contribution in [1.29, 1.82) is 0 Å². The highest BCUT2D eigenvalue weighted by Crippen LogP contribution is 2.40. The fraction of sp³-hybridized carbons (Fsp3) is 0.935. The van der Waals surface area contributed by atoms with Gasteiger partial charge < -0.3 is 53.2 Å². The first-order valence-electron chi connectivity index (χ1n) is 23.3. The van der Waals surface area contributed by atoms with Crippen LogP contribution in [0.3, 0.4) is 0 Å². The van der Waals surface area contributed by atoms with E-state index in [4.69, 9.17) is 37.9 Å². The zero-order valence-electron chi connectivity index (χ0n) is 36.3. The van der Waals surface area contributed by atoms with E-state index < -0.39 is 36.5 Å². The van der Waals surface area contributed by atoms with E-state index in [-0.39, 0.29) is 67.0 Å². The number of rotatable bonds is 14. The molecule has 15 unspecified atom stereocenters. The molecule has 6 rings (SSSR count). The summed E-state index contributed by atoms with van der Waals surface area (Å²) in [6.07, 6.45) is 17.5. The summed E-state index contributed by atoms with van der Waals surface area (Å²) < 4.78 is 51.1. The summed E-state index contributed by atoms with van der Waals surface area (Å²) in [5, 5.41) is 32.0. The molecule has 3 heterocycles. The summed E-state index contributed by atoms with van der Waals surface area (Å²) in [7, 11) is 0. The van der Waals surface area contributed by atoms with Gasteiger partial charge in [0.1, 0.15) is 11.7 Å². The summed E-state index contributed by atoms with van der Waals surface area (Å²) in [6.45, 7) is 9.52. The Labute approximate surface area is 348 Å². The Morgan fingerprint density at radius 2 is 1.29 bits per heavy atom. The van der Waals surface area contributed by atoms with Crippen LogP contribution in [-0.4, -0.2) is 107 Å². The van der Waals surface area contributed by atoms with Crippen LogP contribution in [0.4, 0.5) is 4.79 Å². The molecule has 0 amide bonds. The molecule has 58 heavy (non-hydrogen) atoms. The number of aliphatic hydroxyl groups excluding tert-OH is 3. The van der Waals surface area contributed by atoms with Crippen molar-refractivity contribution in [2.24, 2.45) is 17.8 Å². The van der Waals surface area contributed by atoms with Gasteiger partial charge >= 0.3 is 6.16 Å². The predicted molar refractivity (Wildman–Crippen MR) is 218 cm³/mol. The summed E-state index contributed by atoms with van der Waals surface area (Å²) in [4.78, 5) is 12.6. The van der Waals surface area contributed by atoms with Gasteiger partial charge in [0, 0.05) is 37.5 Å². The Bertz CT molecular complexity index is 1250. The van der Waals surface area contributed by atoms with Crippen molar-refractivity contribution in [3.63, 3.8) is 0 Å². The normalized spacial score (nSPS) is 39.6. The lowest BCUT2D eigenvalue weighted by atomic mass is 9.85. The molecule has 6 fully saturated rings. The SMILES string of the molecule is CCC(O)CC(O)CC1CC(CC2CC(CC3CC(C)OC(/C=C/C4CCCCC4)O3)OC(C3CCCC(O)C3)O2)OC(C2CCCC(OC(=O)OC(C)(C)C)C2)O1. The molecule has 12 heteroatoms. The zero-order valence-corrected chi connectivity index (χ0v) is 36.3. The summed E-state index contributed by atoms with van der Waals surface area (Å²) in [5.41, 5.74) is -0.640. The third-order valence-electron chi connectivity index (χ3n) is 13.2. The molecule has 3 N–H and O–H groups in total. The van der Waals surface area contributed by atoms with Gasteiger partial charge in [0.15, 0.2) is 18.9 Å². The summed E-state index contributed by atoms with van der Waals surface area (Å²) in [6, 6.07) is 0. The van der Waals surface area contributed by atoms with Crippen LogP contribution in [0.5, 0.6) is 0 Å². The Morgan fingerprint density at radius 3 is 1.93 bits per heavy atom. The molecule has 0 aromatic rings. The first-order valence-corrected chi connectivity index (χ1v) is 23.3. The molecule has 0 bridgehead atoms. The maximum atomic E-state index is 12.6. The van der Waals surface area contributed by atoms with Crippen molar-refractivity contribution in [3.8, 4) is 0 Å². The van der Waals surface area contributed by atoms with Crippen molar-refractivity contribution < 1.29 is 58.0 Å². The molecule has 0 aromatic carbocycles. The predicted octanol–water partition coefficient (Wildman–Crippen LogP) is 8.40. The van der Waals surface area contributed by atoms with E-state index in [9.17, 15) is 20.1 Å². The van der Waals surface area contributed by atoms with Crippen LogP contribution in [0.25, 0.3) is 0 Å². The molecule has 0 radical (unpaired) electrons. The van der Waals surface area contributed by atoms with Gasteiger partial charge in [-0.1, -0.05) is 38.7 Å². The topological polar surface area (TPSA) is 152 Å². The van der Waals surface area contributed by atoms with Crippen molar-refractivity contribution in [1.82, 2.24) is 0 Å². The van der Waals surface area contributed by atoms with Gasteiger partial charge in [-0.15, -0.1) is 0 Å². The molecule has 3 aliphatic carbocycles. The van der Waals surface area contributed by atoms with Crippen LogP contribution in [0, 0.1) is 17.8 Å². The minimum atomic E-state index is -0.706. The van der Waals surface area contributed by atoms with Crippen molar-refractivity contribution >= 4 is 6.16 Å². The van der Waals surface area contributed by atoms with Crippen LogP contribution in [0.1, 0.15) is 169 Å². The second-order valence-electron chi connectivity index (χ2n) is 19.7. The number of carbonyl (C=O) groups is 1. The van der Waals surface area contributed by atoms with Crippen LogP contribution in [0.15, 0.2) is 12.2 Å². The number of ether oxygens (including phenoxy) is 8. The summed E-state index contributed by atoms with van der Waals surface area (Å²) >= 11 is 0. The lowest BCUT2D eigenvalue weighted by Crippen LogP contribution is -2.49. The highest BCUT2D eigenvalue weighted by Gasteiger charge is 2.43. The Balaban J connectivity index is 1.13. The van der Waals surface area contributed by atoms with Gasteiger partial charge in [0.05, 0.1) is 54.9 Å². The van der Waals surface area contributed by atoms with E-state index in [0.717, 1.165) is 51.4 Å². The quantitative estimate of drug-likeness (QED) is 0.114. The first-order chi connectivity index (χ1) is 27.8. The fourth-order valence-electron chi connectivity index (χ4n) is 10.3. The van der Waals surface area contributed by atoms with E-state index in [1.54, 1.807) is 0 Å². The van der Waals surface area contributed by atoms with Gasteiger partial charge in [-0.2, -0.15) is 0 Å². The van der Waals surface area contributed by atoms with Crippen LogP contribution in [0.2, 0.25) is 0 Å². The number of aliphatic hydroxyl groups is 3. The van der Waals surface area contributed by atoms with Crippen molar-refractivity contribution in [3.05, 3.63) is 12.2 Å². The van der Waals surface area contributed by atoms with Gasteiger partial charge in [-0.05, 0) is 123 Å². The minimum absolute atomic E-state index is 0.00235. The fourth-order valence-corrected chi connectivity index (χ4v) is 10.3. The molecular formula is C46H78O12. The van der Waals surface area contributed by atoms with Crippen LogP contribution in [-0.2, 0) is 37.9 Å². The Morgan fingerprint density at radius 1 is 0.690 bits per heavy atom. The molecule has 334 valence electrons. The molecule has 0 spiro atoms. The third-order valence-corrected chi connectivity index (χ3v) is 13.2. The minimum Gasteiger partial charge on any atom is -0.431 e. The highest BCUT2D eigenvalue weighted by molar-refractivity contribution is 5.60. The lowest BCUT2D eigenvalue weighted by Gasteiger charge is -2.45. The van der Waals surface area contributed by atoms with E-state index >= 15 is 0 Å². The smallest absolute Gasteiger partial charge is 0.431 e. The first kappa shape index (κ1) is 46.2. The molecule has 15 atom stereocenters. The largest absolute Gasteiger partial charge is 0.509 e. The third kappa shape index (κ3) is 14.9. The second kappa shape index (κ2) is 22.1. The van der Waals surface area contributed by atoms with Crippen LogP contribution >= 0.6 is 0 Å². The molecule has 12 nitrogen and oxygen atoms in total. The number of carbonyl (C=O) groups excluding carboxylic acids is 1. The molecule has 3 aliphatic heterocycles. The monoisotopic (exact) mass is 823 g/mol. The average molecular weight is 823 g/mol. The number of allylic oxidation sites excluding steroid dienone is 1. The number of hydrogen-bond donors (Lipinski definition) is 3.